The van der Waals surface area contributed by atoms with Crippen LogP contribution in [0.2, 0.25) is 0 Å². The van der Waals surface area contributed by atoms with Crippen LogP contribution in [0.15, 0.2) is 48.5 Å². The monoisotopic (exact) mass is 359 g/mol. The molecule has 1 unspecified atom stereocenters. The smallest absolute Gasteiger partial charge is 0.252 e. The molecule has 5 nitrogen and oxygen atoms in total. The summed E-state index contributed by atoms with van der Waals surface area (Å²) in [6.07, 6.45) is 1.50. The number of halogens is 1. The third-order valence-corrected chi connectivity index (χ3v) is 4.32. The zero-order valence-corrected chi connectivity index (χ0v) is 14.9. The van der Waals surface area contributed by atoms with Gasteiger partial charge in [-0.05, 0) is 49.6 Å². The van der Waals surface area contributed by atoms with Gasteiger partial charge in [0.1, 0.15) is 6.04 Å². The quantitative estimate of drug-likeness (QED) is 0.827. The summed E-state index contributed by atoms with van der Waals surface area (Å²) in [6.45, 7) is 2.53. The van der Waals surface area contributed by atoms with E-state index in [9.17, 15) is 9.59 Å². The number of nitrogens with two attached hydrogens (primary N) is 1. The van der Waals surface area contributed by atoms with Crippen molar-refractivity contribution in [1.82, 2.24) is 5.32 Å². The van der Waals surface area contributed by atoms with Crippen LogP contribution in [-0.4, -0.2) is 24.4 Å². The van der Waals surface area contributed by atoms with Gasteiger partial charge in [-0.1, -0.05) is 24.3 Å². The van der Waals surface area contributed by atoms with Crippen molar-refractivity contribution < 1.29 is 9.59 Å². The Labute approximate surface area is 153 Å². The number of amides is 2. The molecule has 1 aliphatic heterocycles. The lowest BCUT2D eigenvalue weighted by molar-refractivity contribution is -0.121. The topological polar surface area (TPSA) is 75.4 Å². The van der Waals surface area contributed by atoms with Crippen LogP contribution in [0.3, 0.4) is 0 Å². The van der Waals surface area contributed by atoms with Crippen molar-refractivity contribution in [3.05, 3.63) is 59.7 Å². The van der Waals surface area contributed by atoms with Gasteiger partial charge in [-0.2, -0.15) is 0 Å². The molecule has 0 bridgehead atoms. The Balaban J connectivity index is 0.00000225. The van der Waals surface area contributed by atoms with E-state index in [0.717, 1.165) is 17.7 Å². The number of carbonyl (C=O) groups excluding carboxylic acids is 2. The van der Waals surface area contributed by atoms with Crippen molar-refractivity contribution in [2.45, 2.75) is 25.8 Å². The Morgan fingerprint density at radius 2 is 1.92 bits per heavy atom. The highest BCUT2D eigenvalue weighted by Crippen LogP contribution is 2.21. The third kappa shape index (κ3) is 4.12. The molecule has 2 aromatic carbocycles. The number of nitrogen functional groups attached to an aromatic ring is 1. The SMILES string of the molecule is Cc1ccc(N)cc1C(=O)NC1CCCN(c2ccccc2)C1=O.Cl. The number of nitrogens with zero attached hydrogens (tertiary/aromatic N) is 1. The number of piperidine rings is 1. The maximum atomic E-state index is 12.7. The van der Waals surface area contributed by atoms with E-state index in [4.69, 9.17) is 5.73 Å². The lowest BCUT2D eigenvalue weighted by atomic mass is 10.0. The number of aryl methyl sites for hydroxylation is 1. The molecule has 1 atom stereocenters. The van der Waals surface area contributed by atoms with Crippen molar-refractivity contribution in [2.24, 2.45) is 0 Å². The van der Waals surface area contributed by atoms with Crippen molar-refractivity contribution in [3.63, 3.8) is 0 Å². The Morgan fingerprint density at radius 3 is 2.64 bits per heavy atom. The Morgan fingerprint density at radius 1 is 1.20 bits per heavy atom. The van der Waals surface area contributed by atoms with E-state index in [0.29, 0.717) is 24.2 Å². The van der Waals surface area contributed by atoms with Gasteiger partial charge in [0.15, 0.2) is 0 Å². The molecule has 0 saturated carbocycles. The summed E-state index contributed by atoms with van der Waals surface area (Å²) in [7, 11) is 0. The van der Waals surface area contributed by atoms with Crippen LogP contribution in [-0.2, 0) is 4.79 Å². The lowest BCUT2D eigenvalue weighted by Crippen LogP contribution is -2.52. The average Bonchev–Trinajstić information content (AvgIpc) is 2.59. The predicted octanol–water partition coefficient (Wildman–Crippen LogP) is 2.92. The van der Waals surface area contributed by atoms with E-state index in [-0.39, 0.29) is 24.2 Å². The summed E-state index contributed by atoms with van der Waals surface area (Å²) in [5.41, 5.74) is 8.52. The fraction of sp³-hybridized carbons (Fsp3) is 0.263. The Hall–Kier alpha value is -2.53. The fourth-order valence-electron chi connectivity index (χ4n) is 2.99. The van der Waals surface area contributed by atoms with Gasteiger partial charge >= 0.3 is 0 Å². The molecule has 1 saturated heterocycles. The second-order valence-corrected chi connectivity index (χ2v) is 6.07. The molecular formula is C19H22ClN3O2. The maximum absolute atomic E-state index is 12.7. The molecular weight excluding hydrogens is 338 g/mol. The molecule has 0 radical (unpaired) electrons. The number of carbonyl (C=O) groups is 2. The van der Waals surface area contributed by atoms with Crippen molar-refractivity contribution in [3.8, 4) is 0 Å². The standard InChI is InChI=1S/C19H21N3O2.ClH/c1-13-9-10-14(20)12-16(13)18(23)21-17-8-5-11-22(19(17)24)15-6-3-2-4-7-15;/h2-4,6-7,9-10,12,17H,5,8,11,20H2,1H3,(H,21,23);1H. The van der Waals surface area contributed by atoms with E-state index in [1.807, 2.05) is 43.3 Å². The summed E-state index contributed by atoms with van der Waals surface area (Å²) in [5.74, 6) is -0.324. The highest BCUT2D eigenvalue weighted by molar-refractivity contribution is 6.03. The summed E-state index contributed by atoms with van der Waals surface area (Å²) >= 11 is 0. The maximum Gasteiger partial charge on any atom is 0.252 e. The molecule has 25 heavy (non-hydrogen) atoms. The van der Waals surface area contributed by atoms with Crippen LogP contribution in [0.4, 0.5) is 11.4 Å². The molecule has 2 aromatic rings. The van der Waals surface area contributed by atoms with E-state index in [2.05, 4.69) is 5.32 Å². The zero-order chi connectivity index (χ0) is 17.1. The fourth-order valence-corrected chi connectivity index (χ4v) is 2.99. The lowest BCUT2D eigenvalue weighted by Gasteiger charge is -2.32. The van der Waals surface area contributed by atoms with E-state index in [1.54, 1.807) is 17.0 Å². The number of rotatable bonds is 3. The molecule has 1 heterocycles. The first-order valence-corrected chi connectivity index (χ1v) is 8.09. The van der Waals surface area contributed by atoms with Crippen LogP contribution in [0.5, 0.6) is 0 Å². The molecule has 3 rings (SSSR count). The van der Waals surface area contributed by atoms with E-state index < -0.39 is 6.04 Å². The highest BCUT2D eigenvalue weighted by atomic mass is 35.5. The third-order valence-electron chi connectivity index (χ3n) is 4.32. The van der Waals surface area contributed by atoms with Crippen LogP contribution in [0, 0.1) is 6.92 Å². The minimum absolute atomic E-state index is 0. The van der Waals surface area contributed by atoms with Crippen LogP contribution < -0.4 is 16.0 Å². The number of benzene rings is 2. The molecule has 6 heteroatoms. The average molecular weight is 360 g/mol. The van der Waals surface area contributed by atoms with Crippen LogP contribution in [0.1, 0.15) is 28.8 Å². The number of para-hydroxylation sites is 1. The molecule has 132 valence electrons. The first-order valence-electron chi connectivity index (χ1n) is 8.09. The Kier molecular flexibility index (Phi) is 6.04. The molecule has 1 fully saturated rings. The number of hydrogen-bond acceptors (Lipinski definition) is 3. The molecule has 0 aliphatic carbocycles. The molecule has 3 N–H and O–H groups in total. The largest absolute Gasteiger partial charge is 0.399 e. The van der Waals surface area contributed by atoms with Gasteiger partial charge in [-0.25, -0.2) is 0 Å². The number of hydrogen-bond donors (Lipinski definition) is 2. The van der Waals surface area contributed by atoms with Crippen LogP contribution in [0.25, 0.3) is 0 Å². The summed E-state index contributed by atoms with van der Waals surface area (Å²) < 4.78 is 0. The van der Waals surface area contributed by atoms with Gasteiger partial charge in [-0.3, -0.25) is 9.59 Å². The van der Waals surface area contributed by atoms with Gasteiger partial charge in [0.2, 0.25) is 5.91 Å². The predicted molar refractivity (Wildman–Crippen MR) is 102 cm³/mol. The summed E-state index contributed by atoms with van der Waals surface area (Å²) in [6, 6.07) is 14.2. The highest BCUT2D eigenvalue weighted by Gasteiger charge is 2.31. The molecule has 0 spiro atoms. The molecule has 0 aromatic heterocycles. The Bertz CT molecular complexity index is 765. The van der Waals surface area contributed by atoms with Gasteiger partial charge in [0.25, 0.3) is 5.91 Å². The second-order valence-electron chi connectivity index (χ2n) is 6.07. The first-order chi connectivity index (χ1) is 11.6. The van der Waals surface area contributed by atoms with Gasteiger partial charge in [0, 0.05) is 23.5 Å². The van der Waals surface area contributed by atoms with Crippen molar-refractivity contribution in [1.29, 1.82) is 0 Å². The van der Waals surface area contributed by atoms with Crippen LogP contribution >= 0.6 is 12.4 Å². The number of nitrogens with one attached hydrogen (secondary N) is 1. The van der Waals surface area contributed by atoms with Crippen molar-refractivity contribution in [2.75, 3.05) is 17.2 Å². The molecule has 2 amide bonds. The summed E-state index contributed by atoms with van der Waals surface area (Å²) in [5, 5.41) is 2.87. The van der Waals surface area contributed by atoms with Gasteiger partial charge < -0.3 is 16.0 Å². The normalized spacial score (nSPS) is 16.9. The van der Waals surface area contributed by atoms with E-state index in [1.165, 1.54) is 0 Å². The van der Waals surface area contributed by atoms with E-state index >= 15 is 0 Å². The minimum atomic E-state index is -0.507. The summed E-state index contributed by atoms with van der Waals surface area (Å²) in [4.78, 5) is 27.0. The minimum Gasteiger partial charge on any atom is -0.399 e. The van der Waals surface area contributed by atoms with Gasteiger partial charge in [-0.15, -0.1) is 12.4 Å². The number of anilines is 2. The van der Waals surface area contributed by atoms with Gasteiger partial charge in [0.05, 0.1) is 0 Å². The first kappa shape index (κ1) is 18.8. The van der Waals surface area contributed by atoms with Crippen molar-refractivity contribution >= 4 is 35.6 Å². The second kappa shape index (κ2) is 8.03. The zero-order valence-electron chi connectivity index (χ0n) is 14.1. The molecule has 1 aliphatic rings.